The number of carbonyl (C=O) groups excluding carboxylic acids is 2. The van der Waals surface area contributed by atoms with E-state index in [1.807, 2.05) is 41.5 Å². The van der Waals surface area contributed by atoms with Gasteiger partial charge in [0.25, 0.3) is 17.4 Å². The summed E-state index contributed by atoms with van der Waals surface area (Å²) in [5.74, 6) is -0.720. The molecule has 1 unspecified atom stereocenters. The molecule has 3 aromatic rings. The van der Waals surface area contributed by atoms with E-state index in [2.05, 4.69) is 10.4 Å². The maximum atomic E-state index is 14.0. The molecule has 224 valence electrons. The van der Waals surface area contributed by atoms with Gasteiger partial charge in [-0.1, -0.05) is 33.8 Å². The summed E-state index contributed by atoms with van der Waals surface area (Å²) in [5, 5.41) is 7.51. The highest BCUT2D eigenvalue weighted by atomic mass is 19.1. The molecule has 2 aliphatic heterocycles. The maximum Gasteiger partial charge on any atom is 0.280 e. The van der Waals surface area contributed by atoms with E-state index < -0.39 is 17.3 Å². The number of rotatable bonds is 2. The van der Waals surface area contributed by atoms with Crippen LogP contribution in [-0.2, 0) is 6.54 Å². The monoisotopic (exact) mass is 571 g/mol. The highest BCUT2D eigenvalue weighted by molar-refractivity contribution is 6.10. The van der Waals surface area contributed by atoms with E-state index in [1.54, 1.807) is 15.5 Å². The number of nitrogens with one attached hydrogen (secondary N) is 1. The lowest BCUT2D eigenvalue weighted by Gasteiger charge is -2.32. The third kappa shape index (κ3) is 6.08. The van der Waals surface area contributed by atoms with Crippen LogP contribution in [0.15, 0.2) is 23.0 Å². The van der Waals surface area contributed by atoms with Crippen LogP contribution in [0, 0.1) is 5.82 Å². The van der Waals surface area contributed by atoms with Crippen molar-refractivity contribution in [3.05, 3.63) is 51.3 Å². The Morgan fingerprint density at radius 3 is 2.54 bits per heavy atom. The summed E-state index contributed by atoms with van der Waals surface area (Å²) in [6.07, 6.45) is 2.25. The molecule has 1 N–H and O–H groups in total. The number of benzene rings is 1. The molecule has 0 fully saturated rings. The molecule has 2 amide bonds. The quantitative estimate of drug-likeness (QED) is 0.475. The minimum atomic E-state index is -0.518. The second kappa shape index (κ2) is 14.1. The average Bonchev–Trinajstić information content (AvgIpc) is 3.35. The summed E-state index contributed by atoms with van der Waals surface area (Å²) < 4.78 is 28.4. The van der Waals surface area contributed by atoms with Crippen molar-refractivity contribution in [1.82, 2.24) is 24.6 Å². The predicted molar refractivity (Wildman–Crippen MR) is 157 cm³/mol. The van der Waals surface area contributed by atoms with Crippen molar-refractivity contribution in [2.75, 3.05) is 33.4 Å². The van der Waals surface area contributed by atoms with Crippen molar-refractivity contribution in [3.63, 3.8) is 0 Å². The van der Waals surface area contributed by atoms with Gasteiger partial charge < -0.3 is 24.3 Å². The molecule has 2 bridgehead atoms. The van der Waals surface area contributed by atoms with E-state index in [0.29, 0.717) is 44.0 Å². The standard InChI is InChI=1S/C26H30FN5O5.2C2H6/c1-4-30-13-15(2)32-21-19(23(36-3)22(32)26(30)35)25(34)31-14-16-8-9-17(27)12-18(16)37-11-7-5-6-10-28-24(33)20(21)29-31;2*1-2/h8-9,12,15H,4-7,10-11,13-14H2,1-3H3,(H,28,33);2*1-2H3. The van der Waals surface area contributed by atoms with Crippen LogP contribution >= 0.6 is 0 Å². The topological polar surface area (TPSA) is 108 Å². The zero-order valence-corrected chi connectivity index (χ0v) is 25.2. The Morgan fingerprint density at radius 2 is 1.85 bits per heavy atom. The van der Waals surface area contributed by atoms with E-state index in [-0.39, 0.29) is 46.5 Å². The fourth-order valence-corrected chi connectivity index (χ4v) is 5.17. The normalized spacial score (nSPS) is 17.0. The van der Waals surface area contributed by atoms with Crippen LogP contribution in [0.3, 0.4) is 0 Å². The van der Waals surface area contributed by atoms with Gasteiger partial charge in [-0.05, 0) is 39.2 Å². The van der Waals surface area contributed by atoms with Gasteiger partial charge in [0.15, 0.2) is 17.1 Å². The first kappa shape index (κ1) is 31.6. The number of methoxy groups -OCH3 is 1. The molecule has 0 saturated heterocycles. The Morgan fingerprint density at radius 1 is 1.12 bits per heavy atom. The first-order valence-corrected chi connectivity index (χ1v) is 14.6. The van der Waals surface area contributed by atoms with Crippen LogP contribution < -0.4 is 20.3 Å². The van der Waals surface area contributed by atoms with Crippen LogP contribution in [0.1, 0.15) is 93.4 Å². The Bertz CT molecular complexity index is 1450. The number of amides is 2. The molecule has 0 saturated carbocycles. The first-order valence-electron chi connectivity index (χ1n) is 14.6. The van der Waals surface area contributed by atoms with E-state index in [4.69, 9.17) is 9.47 Å². The van der Waals surface area contributed by atoms with Crippen LogP contribution in [-0.4, -0.2) is 64.4 Å². The summed E-state index contributed by atoms with van der Waals surface area (Å²) in [4.78, 5) is 42.4. The van der Waals surface area contributed by atoms with Crippen molar-refractivity contribution < 1.29 is 23.5 Å². The molecule has 41 heavy (non-hydrogen) atoms. The second-order valence-electron chi connectivity index (χ2n) is 9.40. The minimum Gasteiger partial charge on any atom is -0.493 e. The first-order chi connectivity index (χ1) is 19.8. The molecule has 5 rings (SSSR count). The predicted octanol–water partition coefficient (Wildman–Crippen LogP) is 4.78. The van der Waals surface area contributed by atoms with Crippen molar-refractivity contribution in [2.45, 2.75) is 73.4 Å². The van der Waals surface area contributed by atoms with Crippen LogP contribution in [0.5, 0.6) is 11.5 Å². The molecule has 10 nitrogen and oxygen atoms in total. The summed E-state index contributed by atoms with van der Waals surface area (Å²) in [5.41, 5.74) is 0.571. The zero-order chi connectivity index (χ0) is 30.3. The molecule has 4 heterocycles. The number of hydrogen-bond donors (Lipinski definition) is 1. The lowest BCUT2D eigenvalue weighted by Crippen LogP contribution is -2.42. The summed E-state index contributed by atoms with van der Waals surface area (Å²) in [6.45, 7) is 13.5. The summed E-state index contributed by atoms with van der Waals surface area (Å²) in [6, 6.07) is 3.90. The van der Waals surface area contributed by atoms with Gasteiger partial charge in [-0.2, -0.15) is 5.10 Å². The number of aromatic nitrogens is 3. The van der Waals surface area contributed by atoms with Gasteiger partial charge in [-0.15, -0.1) is 0 Å². The second-order valence-corrected chi connectivity index (χ2v) is 9.40. The van der Waals surface area contributed by atoms with Crippen molar-refractivity contribution >= 4 is 22.7 Å². The number of ether oxygens (including phenoxy) is 2. The number of fused-ring (bicyclic) bond motifs is 7. The van der Waals surface area contributed by atoms with Crippen LogP contribution in [0.4, 0.5) is 4.39 Å². The molecule has 0 aliphatic carbocycles. The lowest BCUT2D eigenvalue weighted by molar-refractivity contribution is 0.0684. The van der Waals surface area contributed by atoms with Gasteiger partial charge in [0.2, 0.25) is 0 Å². The minimum absolute atomic E-state index is 0.0328. The number of likely N-dealkylation sites (N-methyl/N-ethyl adjacent to an activating group) is 1. The Labute approximate surface area is 240 Å². The number of hydrogen-bond acceptors (Lipinski definition) is 6. The maximum absolute atomic E-state index is 14.0. The molecular weight excluding hydrogens is 529 g/mol. The number of carbonyl (C=O) groups is 2. The average molecular weight is 572 g/mol. The lowest BCUT2D eigenvalue weighted by atomic mass is 10.1. The Balaban J connectivity index is 0.00000111. The van der Waals surface area contributed by atoms with Crippen molar-refractivity contribution in [2.24, 2.45) is 0 Å². The summed E-state index contributed by atoms with van der Waals surface area (Å²) in [7, 11) is 1.40. The highest BCUT2D eigenvalue weighted by Gasteiger charge is 2.38. The molecular formula is C30H42FN5O5. The van der Waals surface area contributed by atoms with Gasteiger partial charge in [0.1, 0.15) is 17.0 Å². The van der Waals surface area contributed by atoms with E-state index >= 15 is 0 Å². The number of halogens is 1. The largest absolute Gasteiger partial charge is 0.493 e. The number of nitrogens with zero attached hydrogens (tertiary/aromatic N) is 4. The smallest absolute Gasteiger partial charge is 0.280 e. The zero-order valence-electron chi connectivity index (χ0n) is 25.2. The fourth-order valence-electron chi connectivity index (χ4n) is 5.17. The van der Waals surface area contributed by atoms with E-state index in [1.165, 1.54) is 19.2 Å². The molecule has 11 heteroatoms. The van der Waals surface area contributed by atoms with Gasteiger partial charge in [-0.3, -0.25) is 14.4 Å². The van der Waals surface area contributed by atoms with E-state index in [0.717, 1.165) is 17.5 Å². The third-order valence-electron chi connectivity index (χ3n) is 6.98. The molecule has 0 spiro atoms. The van der Waals surface area contributed by atoms with Crippen LogP contribution in [0.2, 0.25) is 0 Å². The van der Waals surface area contributed by atoms with Gasteiger partial charge in [0, 0.05) is 37.3 Å². The van der Waals surface area contributed by atoms with Gasteiger partial charge in [-0.25, -0.2) is 9.07 Å². The van der Waals surface area contributed by atoms with Crippen molar-refractivity contribution in [3.8, 4) is 11.5 Å². The van der Waals surface area contributed by atoms with Crippen LogP contribution in [0.25, 0.3) is 10.9 Å². The van der Waals surface area contributed by atoms with Gasteiger partial charge >= 0.3 is 0 Å². The Kier molecular flexibility index (Phi) is 10.9. The van der Waals surface area contributed by atoms with Crippen molar-refractivity contribution in [1.29, 1.82) is 0 Å². The molecule has 1 aromatic carbocycles. The Hall–Kier alpha value is -3.89. The summed E-state index contributed by atoms with van der Waals surface area (Å²) >= 11 is 0. The van der Waals surface area contributed by atoms with E-state index in [9.17, 15) is 18.8 Å². The fraction of sp³-hybridized carbons (Fsp3) is 0.533. The molecule has 0 radical (unpaired) electrons. The molecule has 2 aliphatic rings. The molecule has 2 aromatic heterocycles. The van der Waals surface area contributed by atoms with Gasteiger partial charge in [0.05, 0.1) is 25.8 Å². The third-order valence-corrected chi connectivity index (χ3v) is 6.98. The molecule has 1 atom stereocenters. The SMILES string of the molecule is CC.CC.CCN1CC(C)n2c(c(OC)c3c(=O)n4nc(c32)C(=O)NCCCCCOc2cc(F)ccc2C4)C1=O. The highest BCUT2D eigenvalue weighted by Crippen LogP contribution is 2.38.